The lowest BCUT2D eigenvalue weighted by Crippen LogP contribution is -2.55. The van der Waals surface area contributed by atoms with Crippen LogP contribution in [0.2, 0.25) is 0 Å². The van der Waals surface area contributed by atoms with E-state index in [-0.39, 0.29) is 62.2 Å². The Bertz CT molecular complexity index is 3140. The number of cyclic esters (lactones) is 4. The highest BCUT2D eigenvalue weighted by atomic mass is 32.1. The Kier molecular flexibility index (Phi) is 24.3. The van der Waals surface area contributed by atoms with Gasteiger partial charge in [0.2, 0.25) is 0 Å². The maximum absolute atomic E-state index is 15.1. The molecule has 2 aromatic carbocycles. The number of benzene rings is 2. The maximum Gasteiger partial charge on any atom is 0.329 e. The molecule has 0 radical (unpaired) electrons. The molecule has 0 saturated carbocycles. The average molecular weight is 1280 g/mol. The molecule has 0 unspecified atom stereocenters. The van der Waals surface area contributed by atoms with E-state index in [1.54, 1.807) is 58.4 Å². The van der Waals surface area contributed by atoms with E-state index in [0.717, 1.165) is 51.9 Å². The first-order valence-electron chi connectivity index (χ1n) is 30.6. The van der Waals surface area contributed by atoms with Gasteiger partial charge in [-0.1, -0.05) is 104 Å². The number of carbonyl (C=O) groups is 8. The summed E-state index contributed by atoms with van der Waals surface area (Å²) in [6.07, 6.45) is 4.61. The van der Waals surface area contributed by atoms with Gasteiger partial charge in [-0.25, -0.2) is 29.1 Å². The van der Waals surface area contributed by atoms with Crippen molar-refractivity contribution in [2.24, 2.45) is 23.7 Å². The smallest absolute Gasteiger partial charge is 0.329 e. The zero-order valence-electron chi connectivity index (χ0n) is 54.0. The maximum atomic E-state index is 15.1. The van der Waals surface area contributed by atoms with Gasteiger partial charge in [0.15, 0.2) is 24.4 Å². The first kappa shape index (κ1) is 69.4. The van der Waals surface area contributed by atoms with Gasteiger partial charge in [-0.3, -0.25) is 28.5 Å². The highest BCUT2D eigenvalue weighted by molar-refractivity contribution is 7.13. The van der Waals surface area contributed by atoms with Gasteiger partial charge in [-0.15, -0.1) is 22.7 Å². The van der Waals surface area contributed by atoms with E-state index in [4.69, 9.17) is 18.9 Å². The summed E-state index contributed by atoms with van der Waals surface area (Å²) in [5.74, 6) is -7.56. The van der Waals surface area contributed by atoms with Crippen LogP contribution < -0.4 is 0 Å². The second-order valence-corrected chi connectivity index (χ2v) is 26.7. The molecule has 0 N–H and O–H groups in total. The van der Waals surface area contributed by atoms with Crippen molar-refractivity contribution in [2.45, 2.75) is 169 Å². The molecule has 24 heteroatoms. The highest BCUT2D eigenvalue weighted by Crippen LogP contribution is 2.27. The van der Waals surface area contributed by atoms with E-state index in [9.17, 15) is 28.8 Å². The predicted octanol–water partition coefficient (Wildman–Crippen LogP) is 8.40. The topological polar surface area (TPSA) is 248 Å². The van der Waals surface area contributed by atoms with Crippen molar-refractivity contribution in [2.75, 3.05) is 28.2 Å². The van der Waals surface area contributed by atoms with Crippen LogP contribution in [0.4, 0.5) is 0 Å². The molecule has 90 heavy (non-hydrogen) atoms. The van der Waals surface area contributed by atoms with E-state index in [1.807, 2.05) is 103 Å². The first-order chi connectivity index (χ1) is 42.7. The second-order valence-electron chi connectivity index (χ2n) is 25.0. The van der Waals surface area contributed by atoms with Gasteiger partial charge in [-0.2, -0.15) is 10.2 Å². The van der Waals surface area contributed by atoms with Crippen LogP contribution in [-0.2, 0) is 83.2 Å². The van der Waals surface area contributed by atoms with E-state index >= 15 is 9.59 Å². The lowest BCUT2D eigenvalue weighted by molar-refractivity contribution is -0.176. The number of ether oxygens (including phenoxy) is 4. The molecule has 8 atom stereocenters. The molecule has 7 rings (SSSR count). The van der Waals surface area contributed by atoms with Crippen LogP contribution in [-0.4, -0.2) is 173 Å². The molecule has 1 fully saturated rings. The van der Waals surface area contributed by atoms with Crippen LogP contribution in [0.15, 0.2) is 96.5 Å². The molecular weight excluding hydrogens is 1190 g/mol. The molecule has 484 valence electrons. The summed E-state index contributed by atoms with van der Waals surface area (Å²) in [4.78, 5) is 132. The van der Waals surface area contributed by atoms with Crippen molar-refractivity contribution in [3.8, 4) is 21.1 Å². The molecule has 1 saturated heterocycles. The molecule has 0 bridgehead atoms. The van der Waals surface area contributed by atoms with Gasteiger partial charge in [0.25, 0.3) is 23.6 Å². The highest BCUT2D eigenvalue weighted by Gasteiger charge is 2.43. The summed E-state index contributed by atoms with van der Waals surface area (Å²) >= 11 is 3.01. The van der Waals surface area contributed by atoms with Gasteiger partial charge >= 0.3 is 23.9 Å². The SMILES string of the molecule is CC(C)C[C@H]1C(=O)O[C@H](Cc2ccc(Cn3cc(-c4nccs4)cn3)cc2)C(=O)N(C)[C@@H](CC(C)C)C(=O)O[C@H](C)C(=O)N(C)[C@@H](CC(C)C)C(=O)O[C@H](Cc2ccc(Cn3cc(-c4nccs4)cn3)cc2)C(=O)N(C)[C@@H](CC(C)C)C(=O)O[C@H](C)C(=O)N1C. The molecule has 22 nitrogen and oxygen atoms in total. The molecule has 4 aromatic heterocycles. The Balaban J connectivity index is 1.22. The lowest BCUT2D eigenvalue weighted by Gasteiger charge is -2.35. The third-order valence-electron chi connectivity index (χ3n) is 15.7. The first-order valence-corrected chi connectivity index (χ1v) is 32.3. The summed E-state index contributed by atoms with van der Waals surface area (Å²) in [5.41, 5.74) is 4.73. The third-order valence-corrected chi connectivity index (χ3v) is 17.3. The minimum atomic E-state index is -1.56. The van der Waals surface area contributed by atoms with Crippen molar-refractivity contribution < 1.29 is 57.3 Å². The van der Waals surface area contributed by atoms with Crippen molar-refractivity contribution in [3.63, 3.8) is 0 Å². The molecule has 0 spiro atoms. The van der Waals surface area contributed by atoms with Crippen molar-refractivity contribution in [1.82, 2.24) is 49.1 Å². The molecular formula is C66H86N10O12S2. The largest absolute Gasteiger partial charge is 0.451 e. The summed E-state index contributed by atoms with van der Waals surface area (Å²) in [6, 6.07) is 9.48. The quantitative estimate of drug-likeness (QED) is 0.0579. The van der Waals surface area contributed by atoms with Crippen LogP contribution >= 0.6 is 22.7 Å². The van der Waals surface area contributed by atoms with Crippen LogP contribution in [0.25, 0.3) is 21.1 Å². The number of likely N-dealkylation sites (N-methyl/N-ethyl adjacent to an activating group) is 4. The fourth-order valence-corrected chi connectivity index (χ4v) is 11.9. The Morgan fingerprint density at radius 3 is 1.00 bits per heavy atom. The molecule has 6 aromatic rings. The lowest BCUT2D eigenvalue weighted by atomic mass is 9.99. The number of rotatable bonds is 18. The Labute approximate surface area is 535 Å². The number of esters is 4. The number of aromatic nitrogens is 6. The van der Waals surface area contributed by atoms with Gasteiger partial charge in [0, 0.05) is 87.7 Å². The fraction of sp³-hybridized carbons (Fsp3) is 0.515. The third kappa shape index (κ3) is 18.5. The Hall–Kier alpha value is -8.12. The van der Waals surface area contributed by atoms with E-state index < -0.39 is 96.1 Å². The summed E-state index contributed by atoms with van der Waals surface area (Å²) in [6.45, 7) is 18.4. The minimum Gasteiger partial charge on any atom is -0.451 e. The number of thiazole rings is 2. The molecule has 1 aliphatic heterocycles. The predicted molar refractivity (Wildman–Crippen MR) is 340 cm³/mol. The van der Waals surface area contributed by atoms with Crippen LogP contribution in [0.1, 0.15) is 117 Å². The number of hydrogen-bond donors (Lipinski definition) is 0. The average Bonchev–Trinajstić information content (AvgIpc) is 1.55. The molecule has 5 heterocycles. The van der Waals surface area contributed by atoms with E-state index in [1.165, 1.54) is 64.7 Å². The van der Waals surface area contributed by atoms with Crippen molar-refractivity contribution in [3.05, 3.63) is 119 Å². The number of amides is 4. The Morgan fingerprint density at radius 2 is 0.711 bits per heavy atom. The summed E-state index contributed by atoms with van der Waals surface area (Å²) in [5, 5.41) is 14.5. The van der Waals surface area contributed by atoms with E-state index in [2.05, 4.69) is 20.2 Å². The zero-order valence-corrected chi connectivity index (χ0v) is 55.6. The summed E-state index contributed by atoms with van der Waals surface area (Å²) < 4.78 is 28.0. The second kappa shape index (κ2) is 31.6. The Morgan fingerprint density at radius 1 is 0.422 bits per heavy atom. The van der Waals surface area contributed by atoms with E-state index in [0.29, 0.717) is 24.2 Å². The normalized spacial score (nSPS) is 22.0. The monoisotopic (exact) mass is 1270 g/mol. The van der Waals surface area contributed by atoms with Gasteiger partial charge in [0.05, 0.1) is 25.5 Å². The molecule has 1 aliphatic rings. The zero-order chi connectivity index (χ0) is 65.7. The number of hydrogen-bond acceptors (Lipinski definition) is 18. The van der Waals surface area contributed by atoms with Gasteiger partial charge in [-0.05, 0) is 85.5 Å². The minimum absolute atomic E-state index is 0.0701. The van der Waals surface area contributed by atoms with Crippen LogP contribution in [0.5, 0.6) is 0 Å². The van der Waals surface area contributed by atoms with Crippen molar-refractivity contribution >= 4 is 70.2 Å². The van der Waals surface area contributed by atoms with Crippen LogP contribution in [0.3, 0.4) is 0 Å². The fourth-order valence-electron chi connectivity index (χ4n) is 10.7. The number of carbonyl (C=O) groups excluding carboxylic acids is 8. The molecule has 0 aliphatic carbocycles. The van der Waals surface area contributed by atoms with Crippen molar-refractivity contribution in [1.29, 1.82) is 0 Å². The van der Waals surface area contributed by atoms with Gasteiger partial charge < -0.3 is 38.5 Å². The standard InChI is InChI=1S/C66H86N10O12S2/c1-39(2)27-51-63(81)85-43(9)59(77)71(11)54(30-42(7)8)66(84)88-56(32-46-17-21-48(22-18-46)36-76-38-50(34-70-76)58-68-24-26-90-58)62(80)74(14)52(28-40(3)4)64(82)86-44(10)60(78)72(12)53(29-41(5)6)65(83)87-55(61(79)73(51)13)31-45-15-19-47(20-16-45)35-75-37-49(33-69-75)57-67-23-25-89-57/h15-26,33-34,37-44,51-56H,27-32,35-36H2,1-14H3/t43-,44-,51+,52+,53+,54+,55-,56-/m1/s1. The number of nitrogens with zero attached hydrogens (tertiary/aromatic N) is 10. The van der Waals surface area contributed by atoms with Crippen LogP contribution in [0, 0.1) is 23.7 Å². The van der Waals surface area contributed by atoms with Gasteiger partial charge in [0.1, 0.15) is 34.2 Å². The molecule has 4 amide bonds. The summed E-state index contributed by atoms with van der Waals surface area (Å²) in [7, 11) is 5.57.